The van der Waals surface area contributed by atoms with Gasteiger partial charge in [0.2, 0.25) is 0 Å². The SMILES string of the molecule is CC(NC(=O)c1cc(Br)ccc1Cl)C1CC1. The Morgan fingerprint density at radius 1 is 1.56 bits per heavy atom. The van der Waals surface area contributed by atoms with E-state index in [2.05, 4.69) is 21.2 Å². The Morgan fingerprint density at radius 3 is 2.88 bits per heavy atom. The molecule has 0 aliphatic heterocycles. The molecule has 86 valence electrons. The van der Waals surface area contributed by atoms with E-state index >= 15 is 0 Å². The van der Waals surface area contributed by atoms with Crippen LogP contribution in [-0.4, -0.2) is 11.9 Å². The number of hydrogen-bond donors (Lipinski definition) is 1. The predicted molar refractivity (Wildman–Crippen MR) is 68.8 cm³/mol. The molecule has 1 N–H and O–H groups in total. The lowest BCUT2D eigenvalue weighted by molar-refractivity contribution is 0.0936. The average Bonchev–Trinajstić information content (AvgIpc) is 3.04. The highest BCUT2D eigenvalue weighted by atomic mass is 79.9. The summed E-state index contributed by atoms with van der Waals surface area (Å²) in [6.07, 6.45) is 2.43. The van der Waals surface area contributed by atoms with E-state index in [-0.39, 0.29) is 11.9 Å². The van der Waals surface area contributed by atoms with Crippen LogP contribution in [-0.2, 0) is 0 Å². The monoisotopic (exact) mass is 301 g/mol. The summed E-state index contributed by atoms with van der Waals surface area (Å²) in [5.74, 6) is 0.556. The topological polar surface area (TPSA) is 29.1 Å². The Morgan fingerprint density at radius 2 is 2.25 bits per heavy atom. The lowest BCUT2D eigenvalue weighted by atomic mass is 10.1. The van der Waals surface area contributed by atoms with Crippen LogP contribution >= 0.6 is 27.5 Å². The van der Waals surface area contributed by atoms with Crippen molar-refractivity contribution in [1.82, 2.24) is 5.32 Å². The normalized spacial score (nSPS) is 16.9. The Hall–Kier alpha value is -0.540. The second kappa shape index (κ2) is 4.76. The minimum Gasteiger partial charge on any atom is -0.349 e. The molecule has 0 aromatic heterocycles. The molecule has 2 rings (SSSR count). The van der Waals surface area contributed by atoms with Gasteiger partial charge in [0.1, 0.15) is 0 Å². The predicted octanol–water partition coefficient (Wildman–Crippen LogP) is 3.63. The van der Waals surface area contributed by atoms with Crippen LogP contribution in [0.15, 0.2) is 22.7 Å². The molecule has 1 aromatic rings. The fourth-order valence-corrected chi connectivity index (χ4v) is 2.23. The first kappa shape index (κ1) is 11.9. The minimum absolute atomic E-state index is 0.0919. The van der Waals surface area contributed by atoms with E-state index in [1.54, 1.807) is 12.1 Å². The highest BCUT2D eigenvalue weighted by molar-refractivity contribution is 9.10. The molecular weight excluding hydrogens is 289 g/mol. The number of benzene rings is 1. The molecule has 1 aliphatic rings. The molecule has 0 spiro atoms. The van der Waals surface area contributed by atoms with Gasteiger partial charge in [-0.05, 0) is 43.9 Å². The van der Waals surface area contributed by atoms with Crippen molar-refractivity contribution in [2.45, 2.75) is 25.8 Å². The zero-order chi connectivity index (χ0) is 11.7. The molecule has 1 aliphatic carbocycles. The molecule has 1 unspecified atom stereocenters. The molecule has 1 aromatic carbocycles. The molecule has 0 saturated heterocycles. The molecular formula is C12H13BrClNO. The maximum absolute atomic E-state index is 11.9. The summed E-state index contributed by atoms with van der Waals surface area (Å²) in [5.41, 5.74) is 0.531. The molecule has 4 heteroatoms. The van der Waals surface area contributed by atoms with Crippen LogP contribution in [0.4, 0.5) is 0 Å². The Labute approximate surface area is 108 Å². The number of rotatable bonds is 3. The Kier molecular flexibility index (Phi) is 3.55. The zero-order valence-electron chi connectivity index (χ0n) is 8.97. The van der Waals surface area contributed by atoms with Gasteiger partial charge in [-0.15, -0.1) is 0 Å². The van der Waals surface area contributed by atoms with Gasteiger partial charge in [-0.2, -0.15) is 0 Å². The first-order valence-corrected chi connectivity index (χ1v) is 6.51. The van der Waals surface area contributed by atoms with Crippen LogP contribution in [0.2, 0.25) is 5.02 Å². The lowest BCUT2D eigenvalue weighted by Crippen LogP contribution is -2.34. The number of carbonyl (C=O) groups excluding carboxylic acids is 1. The van der Waals surface area contributed by atoms with E-state index < -0.39 is 0 Å². The highest BCUT2D eigenvalue weighted by Gasteiger charge is 2.29. The minimum atomic E-state index is -0.0919. The van der Waals surface area contributed by atoms with Gasteiger partial charge in [0.15, 0.2) is 0 Å². The zero-order valence-corrected chi connectivity index (χ0v) is 11.3. The van der Waals surface area contributed by atoms with E-state index in [9.17, 15) is 4.79 Å². The van der Waals surface area contributed by atoms with Crippen LogP contribution in [0, 0.1) is 5.92 Å². The van der Waals surface area contributed by atoms with Crippen molar-refractivity contribution in [3.63, 3.8) is 0 Å². The number of hydrogen-bond acceptors (Lipinski definition) is 1. The van der Waals surface area contributed by atoms with Gasteiger partial charge in [-0.25, -0.2) is 0 Å². The Bertz CT molecular complexity index is 417. The van der Waals surface area contributed by atoms with Crippen molar-refractivity contribution in [3.05, 3.63) is 33.3 Å². The standard InChI is InChI=1S/C12H13BrClNO/c1-7(8-2-3-8)15-12(16)10-6-9(13)4-5-11(10)14/h4-8H,2-3H2,1H3,(H,15,16). The van der Waals surface area contributed by atoms with Crippen LogP contribution in [0.1, 0.15) is 30.1 Å². The van der Waals surface area contributed by atoms with Gasteiger partial charge in [0.25, 0.3) is 5.91 Å². The summed E-state index contributed by atoms with van der Waals surface area (Å²) in [7, 11) is 0. The summed E-state index contributed by atoms with van der Waals surface area (Å²) in [4.78, 5) is 11.9. The quantitative estimate of drug-likeness (QED) is 0.907. The van der Waals surface area contributed by atoms with Gasteiger partial charge in [-0.3, -0.25) is 4.79 Å². The molecule has 1 fully saturated rings. The number of carbonyl (C=O) groups is 1. The number of nitrogens with one attached hydrogen (secondary N) is 1. The van der Waals surface area contributed by atoms with Crippen LogP contribution in [0.5, 0.6) is 0 Å². The number of halogens is 2. The van der Waals surface area contributed by atoms with Crippen molar-refractivity contribution in [3.8, 4) is 0 Å². The fraction of sp³-hybridized carbons (Fsp3) is 0.417. The third kappa shape index (κ3) is 2.77. The summed E-state index contributed by atoms with van der Waals surface area (Å²) in [6.45, 7) is 2.04. The Balaban J connectivity index is 2.10. The van der Waals surface area contributed by atoms with Crippen LogP contribution in [0.25, 0.3) is 0 Å². The summed E-state index contributed by atoms with van der Waals surface area (Å²) in [6, 6.07) is 5.53. The fourth-order valence-electron chi connectivity index (χ4n) is 1.67. The third-order valence-electron chi connectivity index (χ3n) is 2.86. The van der Waals surface area contributed by atoms with E-state index in [4.69, 9.17) is 11.6 Å². The van der Waals surface area contributed by atoms with E-state index in [1.807, 2.05) is 13.0 Å². The van der Waals surface area contributed by atoms with Crippen molar-refractivity contribution in [2.24, 2.45) is 5.92 Å². The molecule has 0 radical (unpaired) electrons. The lowest BCUT2D eigenvalue weighted by Gasteiger charge is -2.13. The second-order valence-electron chi connectivity index (χ2n) is 4.22. The van der Waals surface area contributed by atoms with E-state index in [0.717, 1.165) is 4.47 Å². The van der Waals surface area contributed by atoms with Gasteiger partial charge < -0.3 is 5.32 Å². The van der Waals surface area contributed by atoms with Gasteiger partial charge in [-0.1, -0.05) is 27.5 Å². The molecule has 0 heterocycles. The third-order valence-corrected chi connectivity index (χ3v) is 3.68. The second-order valence-corrected chi connectivity index (χ2v) is 5.55. The van der Waals surface area contributed by atoms with E-state index in [0.29, 0.717) is 16.5 Å². The first-order chi connectivity index (χ1) is 7.58. The first-order valence-electron chi connectivity index (χ1n) is 5.34. The number of amides is 1. The molecule has 1 saturated carbocycles. The molecule has 1 atom stereocenters. The summed E-state index contributed by atoms with van der Waals surface area (Å²) in [5, 5.41) is 3.47. The van der Waals surface area contributed by atoms with Crippen LogP contribution < -0.4 is 5.32 Å². The molecule has 16 heavy (non-hydrogen) atoms. The van der Waals surface area contributed by atoms with Crippen molar-refractivity contribution in [2.75, 3.05) is 0 Å². The van der Waals surface area contributed by atoms with Crippen molar-refractivity contribution >= 4 is 33.4 Å². The van der Waals surface area contributed by atoms with Gasteiger partial charge in [0.05, 0.1) is 10.6 Å². The molecule has 2 nitrogen and oxygen atoms in total. The molecule has 0 bridgehead atoms. The maximum atomic E-state index is 11.9. The van der Waals surface area contributed by atoms with Gasteiger partial charge >= 0.3 is 0 Å². The van der Waals surface area contributed by atoms with Crippen molar-refractivity contribution in [1.29, 1.82) is 0 Å². The smallest absolute Gasteiger partial charge is 0.253 e. The maximum Gasteiger partial charge on any atom is 0.253 e. The largest absolute Gasteiger partial charge is 0.349 e. The summed E-state index contributed by atoms with van der Waals surface area (Å²) >= 11 is 9.32. The average molecular weight is 303 g/mol. The van der Waals surface area contributed by atoms with Crippen molar-refractivity contribution < 1.29 is 4.79 Å². The van der Waals surface area contributed by atoms with Crippen LogP contribution in [0.3, 0.4) is 0 Å². The molecule has 1 amide bonds. The van der Waals surface area contributed by atoms with E-state index in [1.165, 1.54) is 12.8 Å². The highest BCUT2D eigenvalue weighted by Crippen LogP contribution is 2.32. The summed E-state index contributed by atoms with van der Waals surface area (Å²) < 4.78 is 0.862. The van der Waals surface area contributed by atoms with Gasteiger partial charge in [0, 0.05) is 10.5 Å².